The molecule has 0 spiro atoms. The molecule has 1 aromatic carbocycles. The summed E-state index contributed by atoms with van der Waals surface area (Å²) in [7, 11) is 0. The zero-order valence-electron chi connectivity index (χ0n) is 13.2. The Morgan fingerprint density at radius 1 is 1.30 bits per heavy atom. The van der Waals surface area contributed by atoms with E-state index in [-0.39, 0.29) is 0 Å². The van der Waals surface area contributed by atoms with E-state index in [1.807, 2.05) is 10.9 Å². The van der Waals surface area contributed by atoms with E-state index in [0.29, 0.717) is 6.04 Å². The van der Waals surface area contributed by atoms with Crippen molar-refractivity contribution < 1.29 is 0 Å². The summed E-state index contributed by atoms with van der Waals surface area (Å²) in [5.41, 5.74) is 4.72. The summed E-state index contributed by atoms with van der Waals surface area (Å²) in [5.74, 6) is 1.09. The predicted molar refractivity (Wildman–Crippen MR) is 87.7 cm³/mol. The minimum absolute atomic E-state index is 0.421. The number of rotatable bonds is 4. The molecule has 3 aromatic rings. The molecule has 0 bridgehead atoms. The van der Waals surface area contributed by atoms with Crippen LogP contribution in [0.15, 0.2) is 36.8 Å². The van der Waals surface area contributed by atoms with E-state index in [4.69, 9.17) is 0 Å². The van der Waals surface area contributed by atoms with Gasteiger partial charge in [0, 0.05) is 24.6 Å². The topological polar surface area (TPSA) is 71.4 Å². The molecule has 0 fully saturated rings. The van der Waals surface area contributed by atoms with Crippen molar-refractivity contribution in [3.63, 3.8) is 0 Å². The van der Waals surface area contributed by atoms with Gasteiger partial charge < -0.3 is 5.32 Å². The molecule has 23 heavy (non-hydrogen) atoms. The highest BCUT2D eigenvalue weighted by Crippen LogP contribution is 2.22. The van der Waals surface area contributed by atoms with Crippen LogP contribution >= 0.6 is 0 Å². The van der Waals surface area contributed by atoms with Crippen molar-refractivity contribution in [2.45, 2.75) is 38.9 Å². The third-order valence-electron chi connectivity index (χ3n) is 4.44. The molecule has 2 aromatic heterocycles. The van der Waals surface area contributed by atoms with E-state index in [1.165, 1.54) is 16.7 Å². The monoisotopic (exact) mass is 308 g/mol. The second-order valence-corrected chi connectivity index (χ2v) is 6.11. The molecule has 1 aliphatic rings. The van der Waals surface area contributed by atoms with Gasteiger partial charge in [-0.1, -0.05) is 29.8 Å². The Morgan fingerprint density at radius 2 is 2.17 bits per heavy atom. The first-order chi connectivity index (χ1) is 11.3. The van der Waals surface area contributed by atoms with Gasteiger partial charge in [0.25, 0.3) is 0 Å². The molecule has 6 heteroatoms. The van der Waals surface area contributed by atoms with E-state index in [0.717, 1.165) is 37.4 Å². The summed E-state index contributed by atoms with van der Waals surface area (Å²) in [6, 6.07) is 8.94. The van der Waals surface area contributed by atoms with E-state index >= 15 is 0 Å². The van der Waals surface area contributed by atoms with Gasteiger partial charge in [-0.3, -0.25) is 5.10 Å². The van der Waals surface area contributed by atoms with E-state index in [9.17, 15) is 0 Å². The van der Waals surface area contributed by atoms with Crippen LogP contribution in [-0.4, -0.2) is 31.0 Å². The maximum absolute atomic E-state index is 4.27. The average molecular weight is 308 g/mol. The van der Waals surface area contributed by atoms with Crippen molar-refractivity contribution in [3.05, 3.63) is 53.7 Å². The molecule has 0 saturated carbocycles. The summed E-state index contributed by atoms with van der Waals surface area (Å²) in [5, 5.41) is 15.2. The zero-order chi connectivity index (χ0) is 15.6. The number of benzene rings is 1. The zero-order valence-corrected chi connectivity index (χ0v) is 13.2. The van der Waals surface area contributed by atoms with Gasteiger partial charge in [-0.05, 0) is 18.9 Å². The lowest BCUT2D eigenvalue weighted by atomic mass is 10.0. The SMILES string of the molecule is Cc1ccc(-c2[nH]ncc2CNC2CCc3ncnn3C2)cc1. The fourth-order valence-corrected chi connectivity index (χ4v) is 3.07. The number of hydrogen-bond donors (Lipinski definition) is 2. The van der Waals surface area contributed by atoms with Crippen molar-refractivity contribution in [3.8, 4) is 11.3 Å². The molecule has 118 valence electrons. The van der Waals surface area contributed by atoms with Crippen LogP contribution in [-0.2, 0) is 19.5 Å². The second-order valence-electron chi connectivity index (χ2n) is 6.11. The van der Waals surface area contributed by atoms with Crippen LogP contribution in [0.25, 0.3) is 11.3 Å². The number of aromatic nitrogens is 5. The minimum atomic E-state index is 0.421. The summed E-state index contributed by atoms with van der Waals surface area (Å²) in [4.78, 5) is 4.27. The standard InChI is InChI=1S/C17H20N6/c1-12-2-4-13(5-3-12)17-14(9-20-22-17)8-18-15-6-7-16-19-11-21-23(16)10-15/h2-5,9,11,15,18H,6-8,10H2,1H3,(H,20,22). The molecule has 6 nitrogen and oxygen atoms in total. The van der Waals surface area contributed by atoms with Gasteiger partial charge in [-0.15, -0.1) is 0 Å². The third kappa shape index (κ3) is 2.90. The van der Waals surface area contributed by atoms with Gasteiger partial charge in [0.15, 0.2) is 0 Å². The number of hydrogen-bond acceptors (Lipinski definition) is 4. The third-order valence-corrected chi connectivity index (χ3v) is 4.44. The maximum atomic E-state index is 4.27. The average Bonchev–Trinajstić information content (AvgIpc) is 3.22. The Morgan fingerprint density at radius 3 is 3.04 bits per heavy atom. The molecule has 0 saturated heterocycles. The lowest BCUT2D eigenvalue weighted by molar-refractivity contribution is 0.358. The summed E-state index contributed by atoms with van der Waals surface area (Å²) < 4.78 is 2.00. The highest BCUT2D eigenvalue weighted by Gasteiger charge is 2.19. The number of H-pyrrole nitrogens is 1. The molecule has 2 N–H and O–H groups in total. The predicted octanol–water partition coefficient (Wildman–Crippen LogP) is 2.08. The number of fused-ring (bicyclic) bond motifs is 1. The number of nitrogens with one attached hydrogen (secondary N) is 2. The number of aromatic amines is 1. The maximum Gasteiger partial charge on any atom is 0.138 e. The molecule has 0 radical (unpaired) electrons. The summed E-state index contributed by atoms with van der Waals surface area (Å²) >= 11 is 0. The van der Waals surface area contributed by atoms with Crippen molar-refractivity contribution in [1.29, 1.82) is 0 Å². The quantitative estimate of drug-likeness (QED) is 0.774. The molecule has 4 rings (SSSR count). The van der Waals surface area contributed by atoms with Crippen molar-refractivity contribution in [2.24, 2.45) is 0 Å². The van der Waals surface area contributed by atoms with Gasteiger partial charge in [0.1, 0.15) is 12.2 Å². The largest absolute Gasteiger partial charge is 0.308 e. The van der Waals surface area contributed by atoms with Crippen molar-refractivity contribution in [2.75, 3.05) is 0 Å². The summed E-state index contributed by atoms with van der Waals surface area (Å²) in [6.45, 7) is 3.78. The second kappa shape index (κ2) is 5.96. The Hall–Kier alpha value is -2.47. The molecule has 1 atom stereocenters. The van der Waals surface area contributed by atoms with Crippen LogP contribution in [0.1, 0.15) is 23.4 Å². The first-order valence-electron chi connectivity index (χ1n) is 7.99. The molecule has 0 amide bonds. The van der Waals surface area contributed by atoms with Gasteiger partial charge in [0.05, 0.1) is 18.4 Å². The van der Waals surface area contributed by atoms with Crippen molar-refractivity contribution in [1.82, 2.24) is 30.3 Å². The van der Waals surface area contributed by atoms with E-state index in [1.54, 1.807) is 6.33 Å². The van der Waals surface area contributed by atoms with Gasteiger partial charge in [0.2, 0.25) is 0 Å². The fourth-order valence-electron chi connectivity index (χ4n) is 3.07. The Kier molecular flexibility index (Phi) is 3.67. The van der Waals surface area contributed by atoms with Crippen LogP contribution < -0.4 is 5.32 Å². The van der Waals surface area contributed by atoms with Gasteiger partial charge >= 0.3 is 0 Å². The van der Waals surface area contributed by atoms with Crippen molar-refractivity contribution >= 4 is 0 Å². The van der Waals surface area contributed by atoms with Crippen LogP contribution in [0.4, 0.5) is 0 Å². The number of nitrogens with zero attached hydrogens (tertiary/aromatic N) is 4. The van der Waals surface area contributed by atoms with Crippen LogP contribution in [0.5, 0.6) is 0 Å². The number of aryl methyl sites for hydroxylation is 2. The Bertz CT molecular complexity index is 786. The van der Waals surface area contributed by atoms with E-state index < -0.39 is 0 Å². The first-order valence-corrected chi connectivity index (χ1v) is 7.99. The smallest absolute Gasteiger partial charge is 0.138 e. The lowest BCUT2D eigenvalue weighted by Crippen LogP contribution is -2.37. The Balaban J connectivity index is 1.44. The molecular weight excluding hydrogens is 288 g/mol. The Labute approximate surface area is 135 Å². The molecule has 1 unspecified atom stereocenters. The van der Waals surface area contributed by atoms with Crippen LogP contribution in [0, 0.1) is 6.92 Å². The van der Waals surface area contributed by atoms with Gasteiger partial charge in [-0.25, -0.2) is 9.67 Å². The van der Waals surface area contributed by atoms with Crippen LogP contribution in [0.3, 0.4) is 0 Å². The fraction of sp³-hybridized carbons (Fsp3) is 0.353. The highest BCUT2D eigenvalue weighted by molar-refractivity contribution is 5.62. The minimum Gasteiger partial charge on any atom is -0.308 e. The summed E-state index contributed by atoms with van der Waals surface area (Å²) in [6.07, 6.45) is 5.62. The van der Waals surface area contributed by atoms with E-state index in [2.05, 4.69) is 56.8 Å². The van der Waals surface area contributed by atoms with Gasteiger partial charge in [-0.2, -0.15) is 10.2 Å². The molecule has 1 aliphatic heterocycles. The molecular formula is C17H20N6. The first kappa shape index (κ1) is 14.1. The molecule has 3 heterocycles. The highest BCUT2D eigenvalue weighted by atomic mass is 15.3. The van der Waals surface area contributed by atoms with Crippen LogP contribution in [0.2, 0.25) is 0 Å². The molecule has 0 aliphatic carbocycles. The lowest BCUT2D eigenvalue weighted by Gasteiger charge is -2.23. The normalized spacial score (nSPS) is 17.2.